The molecule has 0 aromatic heterocycles. The van der Waals surface area contributed by atoms with Crippen molar-refractivity contribution in [2.24, 2.45) is 0 Å². The highest BCUT2D eigenvalue weighted by molar-refractivity contribution is 5.56. The molecule has 2 aromatic carbocycles. The van der Waals surface area contributed by atoms with Gasteiger partial charge in [-0.3, -0.25) is 0 Å². The fraction of sp³-hybridized carbons (Fsp3) is 0.500. The summed E-state index contributed by atoms with van der Waals surface area (Å²) in [6.07, 6.45) is 2.60. The van der Waals surface area contributed by atoms with Crippen LogP contribution in [0.3, 0.4) is 0 Å². The summed E-state index contributed by atoms with van der Waals surface area (Å²) in [5.74, 6) is 0.913. The fourth-order valence-corrected chi connectivity index (χ4v) is 5.34. The molecule has 3 nitrogen and oxygen atoms in total. The Balaban J connectivity index is 1.25. The van der Waals surface area contributed by atoms with Crippen molar-refractivity contribution in [1.29, 1.82) is 0 Å². The third kappa shape index (κ3) is 3.22. The molecule has 0 spiro atoms. The first kappa shape index (κ1) is 17.4. The Bertz CT molecular complexity index is 749. The van der Waals surface area contributed by atoms with Crippen molar-refractivity contribution >= 4 is 0 Å². The van der Waals surface area contributed by atoms with Gasteiger partial charge in [-0.15, -0.1) is 0 Å². The molecule has 0 saturated carbocycles. The molecule has 0 amide bonds. The van der Waals surface area contributed by atoms with Crippen LogP contribution in [0.15, 0.2) is 48.5 Å². The number of nitrogens with zero attached hydrogens (tertiary/aromatic N) is 2. The van der Waals surface area contributed by atoms with Crippen LogP contribution in [-0.2, 0) is 4.74 Å². The number of rotatable bonds is 5. The average molecular weight is 363 g/mol. The van der Waals surface area contributed by atoms with E-state index >= 15 is 0 Å². The van der Waals surface area contributed by atoms with Crippen molar-refractivity contribution in [2.75, 3.05) is 46.4 Å². The van der Waals surface area contributed by atoms with E-state index in [1.165, 1.54) is 55.0 Å². The number of piperazine rings is 1. The highest BCUT2D eigenvalue weighted by Crippen LogP contribution is 2.53. The Labute approximate surface area is 162 Å². The maximum Gasteiger partial charge on any atom is 0.0693 e. The number of hydrogen-bond acceptors (Lipinski definition) is 3. The van der Waals surface area contributed by atoms with E-state index in [1.807, 2.05) is 0 Å². The minimum absolute atomic E-state index is 0.326. The van der Waals surface area contributed by atoms with Crippen molar-refractivity contribution in [3.8, 4) is 0 Å². The maximum atomic E-state index is 6.51. The van der Waals surface area contributed by atoms with Gasteiger partial charge < -0.3 is 14.5 Å². The molecule has 142 valence electrons. The lowest BCUT2D eigenvalue weighted by atomic mass is 9.62. The summed E-state index contributed by atoms with van der Waals surface area (Å²) in [5.41, 5.74) is 6.05. The molecule has 1 fully saturated rings. The van der Waals surface area contributed by atoms with Gasteiger partial charge >= 0.3 is 0 Å². The molecule has 1 atom stereocenters. The largest absolute Gasteiger partial charge is 0.377 e. The van der Waals surface area contributed by atoms with Gasteiger partial charge in [-0.1, -0.05) is 48.5 Å². The molecule has 2 bridgehead atoms. The zero-order valence-corrected chi connectivity index (χ0v) is 16.3. The molecular formula is C24H30N2O. The molecule has 1 aliphatic heterocycles. The second-order valence-electron chi connectivity index (χ2n) is 8.43. The summed E-state index contributed by atoms with van der Waals surface area (Å²) in [7, 11) is 2.22. The minimum atomic E-state index is 0.326. The Morgan fingerprint density at radius 2 is 1.44 bits per heavy atom. The number of ether oxygens (including phenoxy) is 1. The molecule has 2 aromatic rings. The van der Waals surface area contributed by atoms with Gasteiger partial charge in [0.1, 0.15) is 0 Å². The van der Waals surface area contributed by atoms with Crippen LogP contribution in [0, 0.1) is 0 Å². The number of likely N-dealkylation sites (N-methyl/N-ethyl adjacent to an activating group) is 1. The number of benzene rings is 2. The van der Waals surface area contributed by atoms with Crippen LogP contribution in [0.2, 0.25) is 0 Å². The monoisotopic (exact) mass is 362 g/mol. The molecule has 1 saturated heterocycles. The Kier molecular flexibility index (Phi) is 4.76. The van der Waals surface area contributed by atoms with Crippen LogP contribution in [-0.4, -0.2) is 62.3 Å². The molecule has 0 N–H and O–H groups in total. The number of hydrogen-bond donors (Lipinski definition) is 0. The summed E-state index contributed by atoms with van der Waals surface area (Å²) in [5, 5.41) is 0. The molecule has 1 unspecified atom stereocenters. The van der Waals surface area contributed by atoms with Gasteiger partial charge in [0, 0.05) is 51.2 Å². The summed E-state index contributed by atoms with van der Waals surface area (Å²) in [6, 6.07) is 18.0. The third-order valence-electron chi connectivity index (χ3n) is 6.80. The van der Waals surface area contributed by atoms with E-state index < -0.39 is 0 Å². The van der Waals surface area contributed by atoms with Crippen LogP contribution in [0.1, 0.15) is 46.9 Å². The van der Waals surface area contributed by atoms with Crippen LogP contribution in [0.25, 0.3) is 0 Å². The van der Waals surface area contributed by atoms with Gasteiger partial charge in [-0.05, 0) is 42.1 Å². The van der Waals surface area contributed by atoms with E-state index in [4.69, 9.17) is 4.74 Å². The van der Waals surface area contributed by atoms with E-state index in [9.17, 15) is 0 Å². The third-order valence-corrected chi connectivity index (χ3v) is 6.80. The fourth-order valence-electron chi connectivity index (χ4n) is 5.34. The van der Waals surface area contributed by atoms with Gasteiger partial charge in [0.05, 0.1) is 6.10 Å². The summed E-state index contributed by atoms with van der Waals surface area (Å²) in [6.45, 7) is 6.84. The normalized spacial score (nSPS) is 27.4. The standard InChI is InChI=1S/C24H30N2O/c1-25-12-14-26(15-13-25)11-6-16-27-23-17-22-18-7-2-4-9-20(18)24(23)21-10-5-3-8-19(21)22/h2-5,7-10,22-24H,6,11-17H2,1H3. The maximum absolute atomic E-state index is 6.51. The summed E-state index contributed by atoms with van der Waals surface area (Å²) in [4.78, 5) is 5.00. The van der Waals surface area contributed by atoms with Crippen molar-refractivity contribution in [3.05, 3.63) is 70.8 Å². The molecule has 0 radical (unpaired) electrons. The van der Waals surface area contributed by atoms with Crippen molar-refractivity contribution < 1.29 is 4.74 Å². The lowest BCUT2D eigenvalue weighted by Gasteiger charge is -2.45. The highest BCUT2D eigenvalue weighted by Gasteiger charge is 2.43. The van der Waals surface area contributed by atoms with Crippen molar-refractivity contribution in [2.45, 2.75) is 30.8 Å². The van der Waals surface area contributed by atoms with Crippen LogP contribution < -0.4 is 0 Å². The average Bonchev–Trinajstić information content (AvgIpc) is 2.73. The number of fused-ring (bicyclic) bond motifs is 1. The molecular weight excluding hydrogens is 332 g/mol. The topological polar surface area (TPSA) is 15.7 Å². The van der Waals surface area contributed by atoms with Crippen molar-refractivity contribution in [3.63, 3.8) is 0 Å². The Morgan fingerprint density at radius 1 is 0.852 bits per heavy atom. The Hall–Kier alpha value is -1.68. The van der Waals surface area contributed by atoms with E-state index in [0.717, 1.165) is 19.4 Å². The van der Waals surface area contributed by atoms with Gasteiger partial charge in [-0.2, -0.15) is 0 Å². The molecule has 6 rings (SSSR count). The minimum Gasteiger partial charge on any atom is -0.377 e. The predicted molar refractivity (Wildman–Crippen MR) is 109 cm³/mol. The van der Waals surface area contributed by atoms with Gasteiger partial charge in [0.15, 0.2) is 0 Å². The first-order valence-corrected chi connectivity index (χ1v) is 10.5. The first-order valence-electron chi connectivity index (χ1n) is 10.5. The molecule has 3 aliphatic carbocycles. The zero-order chi connectivity index (χ0) is 18.2. The second kappa shape index (κ2) is 7.38. The predicted octanol–water partition coefficient (Wildman–Crippen LogP) is 3.69. The second-order valence-corrected chi connectivity index (χ2v) is 8.43. The quantitative estimate of drug-likeness (QED) is 0.755. The first-order chi connectivity index (χ1) is 13.3. The van der Waals surface area contributed by atoms with Crippen molar-refractivity contribution in [1.82, 2.24) is 9.80 Å². The van der Waals surface area contributed by atoms with Gasteiger partial charge in [0.2, 0.25) is 0 Å². The van der Waals surface area contributed by atoms with Crippen LogP contribution in [0.4, 0.5) is 0 Å². The van der Waals surface area contributed by atoms with E-state index in [0.29, 0.717) is 17.9 Å². The molecule has 4 aliphatic rings. The van der Waals surface area contributed by atoms with E-state index in [1.54, 1.807) is 0 Å². The zero-order valence-electron chi connectivity index (χ0n) is 16.3. The molecule has 27 heavy (non-hydrogen) atoms. The van der Waals surface area contributed by atoms with Crippen LogP contribution in [0.5, 0.6) is 0 Å². The summed E-state index contributed by atoms with van der Waals surface area (Å²) >= 11 is 0. The smallest absolute Gasteiger partial charge is 0.0693 e. The summed E-state index contributed by atoms with van der Waals surface area (Å²) < 4.78 is 6.51. The van der Waals surface area contributed by atoms with Gasteiger partial charge in [-0.25, -0.2) is 0 Å². The Morgan fingerprint density at radius 3 is 2.07 bits per heavy atom. The van der Waals surface area contributed by atoms with E-state index in [2.05, 4.69) is 65.4 Å². The van der Waals surface area contributed by atoms with Crippen LogP contribution >= 0.6 is 0 Å². The molecule has 1 heterocycles. The molecule has 3 heteroatoms. The lowest BCUT2D eigenvalue weighted by Crippen LogP contribution is -2.45. The highest BCUT2D eigenvalue weighted by atomic mass is 16.5. The van der Waals surface area contributed by atoms with Gasteiger partial charge in [0.25, 0.3) is 0 Å². The lowest BCUT2D eigenvalue weighted by molar-refractivity contribution is 0.0171. The SMILES string of the molecule is CN1CCN(CCCOC2CC3c4ccccc4C2c2ccccc23)CC1. The van der Waals surface area contributed by atoms with E-state index in [-0.39, 0.29) is 0 Å².